The minimum Gasteiger partial charge on any atom is -0.368 e. The van der Waals surface area contributed by atoms with Crippen LogP contribution < -0.4 is 0 Å². The Bertz CT molecular complexity index is 446. The number of carbonyl (C=O) groups is 2. The molecule has 0 radical (unpaired) electrons. The Kier molecular flexibility index (Phi) is 11.0. The Labute approximate surface area is 160 Å². The SMILES string of the molecule is CCCCN(CCCC)C1=CC(=O)C(N(CCCC)CCCC)=CC1=O. The van der Waals surface area contributed by atoms with Gasteiger partial charge in [0.25, 0.3) is 0 Å². The number of hydrogen-bond donors (Lipinski definition) is 0. The largest absolute Gasteiger partial charge is 0.368 e. The topological polar surface area (TPSA) is 40.6 Å². The minimum absolute atomic E-state index is 0.00944. The van der Waals surface area contributed by atoms with Gasteiger partial charge >= 0.3 is 0 Å². The minimum atomic E-state index is -0.00944. The molecule has 0 bridgehead atoms. The molecule has 0 aromatic rings. The van der Waals surface area contributed by atoms with Crippen molar-refractivity contribution in [1.82, 2.24) is 9.80 Å². The summed E-state index contributed by atoms with van der Waals surface area (Å²) in [6.07, 6.45) is 11.7. The lowest BCUT2D eigenvalue weighted by atomic mass is 10.0. The van der Waals surface area contributed by atoms with Crippen LogP contribution in [0.25, 0.3) is 0 Å². The molecule has 0 aromatic heterocycles. The average Bonchev–Trinajstić information content (AvgIpc) is 2.64. The van der Waals surface area contributed by atoms with Crippen LogP contribution in [0.2, 0.25) is 0 Å². The summed E-state index contributed by atoms with van der Waals surface area (Å²) >= 11 is 0. The predicted molar refractivity (Wildman–Crippen MR) is 109 cm³/mol. The summed E-state index contributed by atoms with van der Waals surface area (Å²) in [6.45, 7) is 12.0. The zero-order valence-corrected chi connectivity index (χ0v) is 17.4. The monoisotopic (exact) mass is 362 g/mol. The third-order valence-corrected chi connectivity index (χ3v) is 4.85. The van der Waals surface area contributed by atoms with Crippen LogP contribution in [0.1, 0.15) is 79.1 Å². The van der Waals surface area contributed by atoms with Crippen molar-refractivity contribution in [2.75, 3.05) is 26.2 Å². The van der Waals surface area contributed by atoms with E-state index >= 15 is 0 Å². The highest BCUT2D eigenvalue weighted by Gasteiger charge is 2.26. The predicted octanol–water partition coefficient (Wildman–Crippen LogP) is 4.71. The summed E-state index contributed by atoms with van der Waals surface area (Å²) in [5, 5.41) is 0. The molecule has 0 amide bonds. The first kappa shape index (κ1) is 22.5. The van der Waals surface area contributed by atoms with Crippen LogP contribution in [0.4, 0.5) is 0 Å². The normalized spacial score (nSPS) is 14.3. The fraction of sp³-hybridized carbons (Fsp3) is 0.727. The van der Waals surface area contributed by atoms with Crippen LogP contribution in [0.5, 0.6) is 0 Å². The molecule has 26 heavy (non-hydrogen) atoms. The smallest absolute Gasteiger partial charge is 0.204 e. The Hall–Kier alpha value is -1.58. The van der Waals surface area contributed by atoms with E-state index in [1.807, 2.05) is 0 Å². The molecule has 0 spiro atoms. The van der Waals surface area contributed by atoms with Crippen LogP contribution in [-0.2, 0) is 9.59 Å². The van der Waals surface area contributed by atoms with E-state index in [9.17, 15) is 9.59 Å². The first-order chi connectivity index (χ1) is 12.6. The van der Waals surface area contributed by atoms with Crippen molar-refractivity contribution in [3.63, 3.8) is 0 Å². The summed E-state index contributed by atoms with van der Waals surface area (Å²) in [4.78, 5) is 29.8. The maximum Gasteiger partial charge on any atom is 0.204 e. The molecule has 0 saturated heterocycles. The number of allylic oxidation sites excluding steroid dienone is 2. The van der Waals surface area contributed by atoms with Gasteiger partial charge < -0.3 is 9.80 Å². The van der Waals surface area contributed by atoms with E-state index in [1.165, 1.54) is 0 Å². The summed E-state index contributed by atoms with van der Waals surface area (Å²) in [7, 11) is 0. The van der Waals surface area contributed by atoms with Crippen molar-refractivity contribution < 1.29 is 9.59 Å². The molecule has 0 N–H and O–H groups in total. The lowest BCUT2D eigenvalue weighted by Gasteiger charge is -2.31. The lowest BCUT2D eigenvalue weighted by molar-refractivity contribution is -0.117. The van der Waals surface area contributed by atoms with Crippen LogP contribution in [0.3, 0.4) is 0 Å². The van der Waals surface area contributed by atoms with Crippen LogP contribution in [0, 0.1) is 0 Å². The summed E-state index contributed by atoms with van der Waals surface area (Å²) in [5.74, 6) is -0.0189. The Morgan fingerprint density at radius 2 is 0.846 bits per heavy atom. The highest BCUT2D eigenvalue weighted by atomic mass is 16.1. The molecule has 0 heterocycles. The van der Waals surface area contributed by atoms with Gasteiger partial charge in [-0.1, -0.05) is 53.4 Å². The van der Waals surface area contributed by atoms with Crippen molar-refractivity contribution >= 4 is 11.6 Å². The van der Waals surface area contributed by atoms with Gasteiger partial charge in [0, 0.05) is 38.3 Å². The molecular weight excluding hydrogens is 324 g/mol. The fourth-order valence-corrected chi connectivity index (χ4v) is 3.13. The second-order valence-electron chi connectivity index (χ2n) is 7.18. The molecule has 1 rings (SSSR count). The van der Waals surface area contributed by atoms with Crippen LogP contribution >= 0.6 is 0 Å². The molecule has 1 aliphatic rings. The van der Waals surface area contributed by atoms with Gasteiger partial charge in [0.1, 0.15) is 0 Å². The van der Waals surface area contributed by atoms with E-state index in [0.717, 1.165) is 77.5 Å². The number of hydrogen-bond acceptors (Lipinski definition) is 4. The van der Waals surface area contributed by atoms with Gasteiger partial charge in [-0.2, -0.15) is 0 Å². The maximum absolute atomic E-state index is 12.8. The highest BCUT2D eigenvalue weighted by Crippen LogP contribution is 2.20. The molecular formula is C22H38N2O2. The van der Waals surface area contributed by atoms with E-state index in [2.05, 4.69) is 37.5 Å². The van der Waals surface area contributed by atoms with Crippen LogP contribution in [-0.4, -0.2) is 47.5 Å². The second-order valence-corrected chi connectivity index (χ2v) is 7.18. The van der Waals surface area contributed by atoms with Gasteiger partial charge in [0.05, 0.1) is 11.4 Å². The molecule has 0 aromatic carbocycles. The first-order valence-corrected chi connectivity index (χ1v) is 10.6. The molecule has 0 unspecified atom stereocenters. The zero-order valence-electron chi connectivity index (χ0n) is 17.4. The summed E-state index contributed by atoms with van der Waals surface area (Å²) in [6, 6.07) is 0. The van der Waals surface area contributed by atoms with Gasteiger partial charge in [-0.15, -0.1) is 0 Å². The maximum atomic E-state index is 12.8. The van der Waals surface area contributed by atoms with Gasteiger partial charge in [-0.05, 0) is 25.7 Å². The quantitative estimate of drug-likeness (QED) is 0.420. The van der Waals surface area contributed by atoms with E-state index in [-0.39, 0.29) is 11.6 Å². The Morgan fingerprint density at radius 1 is 0.577 bits per heavy atom. The number of nitrogens with zero attached hydrogens (tertiary/aromatic N) is 2. The molecule has 4 heteroatoms. The van der Waals surface area contributed by atoms with Gasteiger partial charge in [0.15, 0.2) is 0 Å². The molecule has 148 valence electrons. The lowest BCUT2D eigenvalue weighted by Crippen LogP contribution is -2.36. The van der Waals surface area contributed by atoms with E-state index in [4.69, 9.17) is 0 Å². The molecule has 0 aliphatic heterocycles. The van der Waals surface area contributed by atoms with Crippen LogP contribution in [0.15, 0.2) is 23.5 Å². The summed E-state index contributed by atoms with van der Waals surface area (Å²) in [5.41, 5.74) is 1.18. The highest BCUT2D eigenvalue weighted by molar-refractivity contribution is 6.19. The number of ketones is 2. The van der Waals surface area contributed by atoms with Gasteiger partial charge in [-0.25, -0.2) is 0 Å². The van der Waals surface area contributed by atoms with E-state index < -0.39 is 0 Å². The van der Waals surface area contributed by atoms with Crippen molar-refractivity contribution in [3.8, 4) is 0 Å². The van der Waals surface area contributed by atoms with Gasteiger partial charge in [-0.3, -0.25) is 9.59 Å². The van der Waals surface area contributed by atoms with Crippen molar-refractivity contribution in [2.45, 2.75) is 79.1 Å². The van der Waals surface area contributed by atoms with E-state index in [0.29, 0.717) is 11.4 Å². The number of rotatable bonds is 14. The standard InChI is InChI=1S/C22H38N2O2/c1-5-9-13-23(14-10-6-2)19-17-22(26)20(18-21(19)25)24(15-11-7-3)16-12-8-4/h17-18H,5-16H2,1-4H3. The van der Waals surface area contributed by atoms with E-state index in [1.54, 1.807) is 12.2 Å². The summed E-state index contributed by atoms with van der Waals surface area (Å²) < 4.78 is 0. The molecule has 0 saturated carbocycles. The third-order valence-electron chi connectivity index (χ3n) is 4.85. The average molecular weight is 363 g/mol. The molecule has 1 aliphatic carbocycles. The molecule has 0 atom stereocenters. The van der Waals surface area contributed by atoms with Crippen molar-refractivity contribution in [2.24, 2.45) is 0 Å². The number of unbranched alkanes of at least 4 members (excludes halogenated alkanes) is 4. The fourth-order valence-electron chi connectivity index (χ4n) is 3.13. The Morgan fingerprint density at radius 3 is 1.08 bits per heavy atom. The molecule has 4 nitrogen and oxygen atoms in total. The zero-order chi connectivity index (χ0) is 19.4. The second kappa shape index (κ2) is 12.7. The number of carbonyl (C=O) groups excluding carboxylic acids is 2. The Balaban J connectivity index is 2.94. The van der Waals surface area contributed by atoms with Crippen molar-refractivity contribution in [3.05, 3.63) is 23.5 Å². The first-order valence-electron chi connectivity index (χ1n) is 10.6. The molecule has 0 fully saturated rings. The third kappa shape index (κ3) is 6.97. The van der Waals surface area contributed by atoms with Gasteiger partial charge in [0.2, 0.25) is 11.6 Å². The van der Waals surface area contributed by atoms with Crippen molar-refractivity contribution in [1.29, 1.82) is 0 Å².